The van der Waals surface area contributed by atoms with Gasteiger partial charge in [-0.3, -0.25) is 4.79 Å². The molecule has 0 unspecified atom stereocenters. The second-order valence-electron chi connectivity index (χ2n) is 7.66. The second-order valence-corrected chi connectivity index (χ2v) is 9.60. The molecule has 0 fully saturated rings. The van der Waals surface area contributed by atoms with E-state index in [9.17, 15) is 13.2 Å². The minimum absolute atomic E-state index is 0.0958. The predicted molar refractivity (Wildman–Crippen MR) is 125 cm³/mol. The molecule has 0 aliphatic carbocycles. The standard InChI is InChI=1S/C25H28N2O4S/c1-19-8-12-21(13-9-19)17-27(32(29,30)23-14-10-20(2)11-15-23)18-25(28)26-16-22-6-4-5-7-24(22)31-3/h4-15H,16-18H2,1-3H3,(H,26,28). The van der Waals surface area contributed by atoms with Crippen LogP contribution in [0.4, 0.5) is 0 Å². The van der Waals surface area contributed by atoms with Crippen LogP contribution in [0.3, 0.4) is 0 Å². The van der Waals surface area contributed by atoms with Crippen LogP contribution >= 0.6 is 0 Å². The summed E-state index contributed by atoms with van der Waals surface area (Å²) in [4.78, 5) is 12.9. The summed E-state index contributed by atoms with van der Waals surface area (Å²) in [5.74, 6) is 0.273. The highest BCUT2D eigenvalue weighted by atomic mass is 32.2. The largest absolute Gasteiger partial charge is 0.496 e. The highest BCUT2D eigenvalue weighted by Gasteiger charge is 2.27. The lowest BCUT2D eigenvalue weighted by atomic mass is 10.1. The molecule has 0 aliphatic heterocycles. The van der Waals surface area contributed by atoms with E-state index in [0.717, 1.165) is 22.3 Å². The van der Waals surface area contributed by atoms with E-state index in [1.54, 1.807) is 31.4 Å². The molecule has 0 spiro atoms. The quantitative estimate of drug-likeness (QED) is 0.536. The van der Waals surface area contributed by atoms with Crippen LogP contribution in [0.1, 0.15) is 22.3 Å². The van der Waals surface area contributed by atoms with E-state index in [1.165, 1.54) is 4.31 Å². The van der Waals surface area contributed by atoms with Crippen molar-refractivity contribution in [2.45, 2.75) is 31.8 Å². The molecular formula is C25H28N2O4S. The SMILES string of the molecule is COc1ccccc1CNC(=O)CN(Cc1ccc(C)cc1)S(=O)(=O)c1ccc(C)cc1. The van der Waals surface area contributed by atoms with Crippen LogP contribution in [0, 0.1) is 13.8 Å². The molecule has 168 valence electrons. The normalized spacial score (nSPS) is 11.4. The zero-order valence-electron chi connectivity index (χ0n) is 18.5. The number of methoxy groups -OCH3 is 1. The molecular weight excluding hydrogens is 424 g/mol. The van der Waals surface area contributed by atoms with Gasteiger partial charge in [-0.05, 0) is 37.6 Å². The third-order valence-corrected chi connectivity index (χ3v) is 6.93. The van der Waals surface area contributed by atoms with E-state index >= 15 is 0 Å². The van der Waals surface area contributed by atoms with E-state index in [0.29, 0.717) is 5.75 Å². The molecule has 32 heavy (non-hydrogen) atoms. The first-order chi connectivity index (χ1) is 15.3. The maximum Gasteiger partial charge on any atom is 0.243 e. The van der Waals surface area contributed by atoms with Gasteiger partial charge in [0, 0.05) is 18.7 Å². The number of sulfonamides is 1. The maximum absolute atomic E-state index is 13.4. The molecule has 1 amide bonds. The Labute approximate surface area is 189 Å². The maximum atomic E-state index is 13.4. The van der Waals surface area contributed by atoms with Gasteiger partial charge < -0.3 is 10.1 Å². The molecule has 0 heterocycles. The number of amides is 1. The fraction of sp³-hybridized carbons (Fsp3) is 0.240. The van der Waals surface area contributed by atoms with Gasteiger partial charge in [0.1, 0.15) is 5.75 Å². The van der Waals surface area contributed by atoms with Crippen LogP contribution < -0.4 is 10.1 Å². The average Bonchev–Trinajstić information content (AvgIpc) is 2.79. The Kier molecular flexibility index (Phi) is 7.66. The van der Waals surface area contributed by atoms with Gasteiger partial charge in [0.15, 0.2) is 0 Å². The molecule has 0 bridgehead atoms. The molecule has 0 aromatic heterocycles. The van der Waals surface area contributed by atoms with Crippen molar-refractivity contribution in [1.82, 2.24) is 9.62 Å². The van der Waals surface area contributed by atoms with Gasteiger partial charge in [0.2, 0.25) is 15.9 Å². The number of hydrogen-bond donors (Lipinski definition) is 1. The van der Waals surface area contributed by atoms with Gasteiger partial charge in [-0.25, -0.2) is 8.42 Å². The number of nitrogens with one attached hydrogen (secondary N) is 1. The summed E-state index contributed by atoms with van der Waals surface area (Å²) >= 11 is 0. The van der Waals surface area contributed by atoms with Crippen molar-refractivity contribution in [1.29, 1.82) is 0 Å². The lowest BCUT2D eigenvalue weighted by Crippen LogP contribution is -2.40. The molecule has 6 nitrogen and oxygen atoms in total. The van der Waals surface area contributed by atoms with Crippen molar-refractivity contribution in [3.63, 3.8) is 0 Å². The number of carbonyl (C=O) groups is 1. The molecule has 0 radical (unpaired) electrons. The smallest absolute Gasteiger partial charge is 0.243 e. The van der Waals surface area contributed by atoms with E-state index < -0.39 is 15.9 Å². The Bertz CT molecular complexity index is 1160. The fourth-order valence-corrected chi connectivity index (χ4v) is 4.63. The van der Waals surface area contributed by atoms with Crippen LogP contribution in [0.15, 0.2) is 77.7 Å². The zero-order valence-corrected chi connectivity index (χ0v) is 19.4. The zero-order chi connectivity index (χ0) is 23.1. The Morgan fingerprint density at radius 2 is 1.50 bits per heavy atom. The topological polar surface area (TPSA) is 75.7 Å². The number of carbonyl (C=O) groups excluding carboxylic acids is 1. The first kappa shape index (κ1) is 23.5. The number of ether oxygens (including phenoxy) is 1. The highest BCUT2D eigenvalue weighted by Crippen LogP contribution is 2.20. The van der Waals surface area contributed by atoms with Crippen molar-refractivity contribution >= 4 is 15.9 Å². The molecule has 0 saturated carbocycles. The van der Waals surface area contributed by atoms with Gasteiger partial charge >= 0.3 is 0 Å². The predicted octanol–water partition coefficient (Wildman–Crippen LogP) is 3.82. The molecule has 7 heteroatoms. The van der Waals surface area contributed by atoms with E-state index in [-0.39, 0.29) is 24.5 Å². The average molecular weight is 453 g/mol. The number of hydrogen-bond acceptors (Lipinski definition) is 4. The van der Waals surface area contributed by atoms with Crippen LogP contribution in [0.5, 0.6) is 5.75 Å². The summed E-state index contributed by atoms with van der Waals surface area (Å²) in [6, 6.07) is 21.6. The van der Waals surface area contributed by atoms with Gasteiger partial charge in [-0.1, -0.05) is 65.7 Å². The Morgan fingerprint density at radius 1 is 0.906 bits per heavy atom. The molecule has 0 saturated heterocycles. The number of nitrogens with zero attached hydrogens (tertiary/aromatic N) is 1. The molecule has 1 N–H and O–H groups in total. The summed E-state index contributed by atoms with van der Waals surface area (Å²) in [5, 5.41) is 2.81. The van der Waals surface area contributed by atoms with E-state index in [1.807, 2.05) is 62.4 Å². The minimum Gasteiger partial charge on any atom is -0.496 e. The Morgan fingerprint density at radius 3 is 2.12 bits per heavy atom. The Balaban J connectivity index is 1.80. The minimum atomic E-state index is -3.87. The van der Waals surface area contributed by atoms with Crippen LogP contribution in [-0.4, -0.2) is 32.3 Å². The summed E-state index contributed by atoms with van der Waals surface area (Å²) in [6.07, 6.45) is 0. The Hall–Kier alpha value is -3.16. The first-order valence-corrected chi connectivity index (χ1v) is 11.7. The van der Waals surface area contributed by atoms with Crippen molar-refractivity contribution in [2.24, 2.45) is 0 Å². The molecule has 0 aliphatic rings. The van der Waals surface area contributed by atoms with Crippen molar-refractivity contribution < 1.29 is 17.9 Å². The number of para-hydroxylation sites is 1. The van der Waals surface area contributed by atoms with Crippen molar-refractivity contribution in [3.8, 4) is 5.75 Å². The summed E-state index contributed by atoms with van der Waals surface area (Å²) < 4.78 is 33.2. The molecule has 3 rings (SSSR count). The summed E-state index contributed by atoms with van der Waals surface area (Å²) in [6.45, 7) is 3.91. The van der Waals surface area contributed by atoms with Crippen LogP contribution in [0.25, 0.3) is 0 Å². The van der Waals surface area contributed by atoms with Crippen LogP contribution in [0.2, 0.25) is 0 Å². The van der Waals surface area contributed by atoms with Crippen LogP contribution in [-0.2, 0) is 27.9 Å². The van der Waals surface area contributed by atoms with Gasteiger partial charge in [-0.15, -0.1) is 0 Å². The second kappa shape index (κ2) is 10.4. The molecule has 3 aromatic carbocycles. The van der Waals surface area contributed by atoms with Gasteiger partial charge in [0.05, 0.1) is 18.6 Å². The lowest BCUT2D eigenvalue weighted by molar-refractivity contribution is -0.121. The fourth-order valence-electron chi connectivity index (χ4n) is 3.24. The van der Waals surface area contributed by atoms with Crippen molar-refractivity contribution in [3.05, 3.63) is 95.1 Å². The van der Waals surface area contributed by atoms with Crippen molar-refractivity contribution in [2.75, 3.05) is 13.7 Å². The number of rotatable bonds is 9. The monoisotopic (exact) mass is 452 g/mol. The summed E-state index contributed by atoms with van der Waals surface area (Å²) in [7, 11) is -2.30. The number of benzene rings is 3. The molecule has 3 aromatic rings. The van der Waals surface area contributed by atoms with E-state index in [2.05, 4.69) is 5.32 Å². The van der Waals surface area contributed by atoms with Gasteiger partial charge in [0.25, 0.3) is 0 Å². The molecule has 0 atom stereocenters. The first-order valence-electron chi connectivity index (χ1n) is 10.3. The van der Waals surface area contributed by atoms with E-state index in [4.69, 9.17) is 4.74 Å². The lowest BCUT2D eigenvalue weighted by Gasteiger charge is -2.22. The highest BCUT2D eigenvalue weighted by molar-refractivity contribution is 7.89. The third kappa shape index (κ3) is 5.96. The van der Waals surface area contributed by atoms with Gasteiger partial charge in [-0.2, -0.15) is 4.31 Å². The number of aryl methyl sites for hydroxylation is 2. The third-order valence-electron chi connectivity index (χ3n) is 5.13. The summed E-state index contributed by atoms with van der Waals surface area (Å²) in [5.41, 5.74) is 3.67.